The molecule has 0 spiro atoms. The average Bonchev–Trinajstić information content (AvgIpc) is 2.90. The second-order valence-electron chi connectivity index (χ2n) is 5.64. The van der Waals surface area contributed by atoms with Gasteiger partial charge in [0, 0.05) is 25.3 Å². The van der Waals surface area contributed by atoms with E-state index in [0.29, 0.717) is 6.04 Å². The first-order chi connectivity index (χ1) is 8.92. The van der Waals surface area contributed by atoms with Crippen LogP contribution in [0.2, 0.25) is 0 Å². The highest BCUT2D eigenvalue weighted by molar-refractivity contribution is 5.40. The van der Waals surface area contributed by atoms with Crippen LogP contribution in [0.1, 0.15) is 6.42 Å². The fraction of sp³-hybridized carbons (Fsp3) is 0.643. The third-order valence-corrected chi connectivity index (χ3v) is 4.65. The lowest BCUT2D eigenvalue weighted by molar-refractivity contribution is -0.0685. The molecule has 0 bridgehead atoms. The summed E-state index contributed by atoms with van der Waals surface area (Å²) >= 11 is 0. The lowest BCUT2D eigenvalue weighted by Crippen LogP contribution is -2.52. The van der Waals surface area contributed by atoms with Crippen LogP contribution in [0.15, 0.2) is 24.4 Å². The lowest BCUT2D eigenvalue weighted by Gasteiger charge is -2.38. The molecule has 96 valence electrons. The van der Waals surface area contributed by atoms with Gasteiger partial charge in [-0.1, -0.05) is 6.07 Å². The molecule has 2 unspecified atom stereocenters. The molecule has 18 heavy (non-hydrogen) atoms. The number of rotatable bonds is 2. The fourth-order valence-electron chi connectivity index (χ4n) is 3.59. The molecule has 4 rings (SSSR count). The molecule has 3 aliphatic rings. The van der Waals surface area contributed by atoms with Gasteiger partial charge in [0.15, 0.2) is 0 Å². The van der Waals surface area contributed by atoms with Gasteiger partial charge in [-0.25, -0.2) is 4.98 Å². The minimum Gasteiger partial charge on any atom is -0.378 e. The summed E-state index contributed by atoms with van der Waals surface area (Å²) in [6, 6.07) is 7.59. The van der Waals surface area contributed by atoms with E-state index in [1.807, 2.05) is 12.3 Å². The molecule has 0 amide bonds. The number of aromatic nitrogens is 1. The van der Waals surface area contributed by atoms with Crippen LogP contribution in [-0.4, -0.2) is 54.8 Å². The summed E-state index contributed by atoms with van der Waals surface area (Å²) < 4.78 is 5.34. The topological polar surface area (TPSA) is 28.6 Å². The Kier molecular flexibility index (Phi) is 2.52. The third kappa shape index (κ3) is 1.63. The molecule has 1 aromatic rings. The molecule has 1 aromatic heterocycles. The SMILES string of the molecule is c1ccc(N2CC3CCN(C4COC4)C3C2)nc1. The highest BCUT2D eigenvalue weighted by Crippen LogP contribution is 2.35. The monoisotopic (exact) mass is 245 g/mol. The van der Waals surface area contributed by atoms with Crippen molar-refractivity contribution < 1.29 is 4.74 Å². The summed E-state index contributed by atoms with van der Waals surface area (Å²) in [7, 11) is 0. The van der Waals surface area contributed by atoms with Crippen molar-refractivity contribution in [3.8, 4) is 0 Å². The molecule has 0 saturated carbocycles. The maximum atomic E-state index is 5.34. The summed E-state index contributed by atoms with van der Waals surface area (Å²) in [5, 5.41) is 0. The number of hydrogen-bond donors (Lipinski definition) is 0. The van der Waals surface area contributed by atoms with Gasteiger partial charge in [-0.3, -0.25) is 4.90 Å². The van der Waals surface area contributed by atoms with Gasteiger partial charge in [0.25, 0.3) is 0 Å². The number of likely N-dealkylation sites (tertiary alicyclic amines) is 1. The van der Waals surface area contributed by atoms with Crippen molar-refractivity contribution in [2.75, 3.05) is 37.7 Å². The largest absolute Gasteiger partial charge is 0.378 e. The zero-order chi connectivity index (χ0) is 11.9. The van der Waals surface area contributed by atoms with Gasteiger partial charge in [0.05, 0.1) is 19.3 Å². The Morgan fingerprint density at radius 3 is 2.89 bits per heavy atom. The molecule has 2 atom stereocenters. The maximum Gasteiger partial charge on any atom is 0.128 e. The van der Waals surface area contributed by atoms with Crippen molar-refractivity contribution in [1.82, 2.24) is 9.88 Å². The highest BCUT2D eigenvalue weighted by Gasteiger charge is 2.45. The van der Waals surface area contributed by atoms with E-state index in [1.165, 1.54) is 19.5 Å². The Labute approximate surface area is 108 Å². The molecule has 3 saturated heterocycles. The van der Waals surface area contributed by atoms with Gasteiger partial charge in [-0.05, 0) is 31.0 Å². The van der Waals surface area contributed by atoms with Crippen LogP contribution in [0.25, 0.3) is 0 Å². The molecule has 0 N–H and O–H groups in total. The standard InChI is InChI=1S/C14H19N3O/c1-2-5-15-14(3-1)16-7-11-4-6-17(13(11)8-16)12-9-18-10-12/h1-3,5,11-13H,4,6-10H2. The Balaban J connectivity index is 1.50. The van der Waals surface area contributed by atoms with Gasteiger partial charge in [0.1, 0.15) is 5.82 Å². The van der Waals surface area contributed by atoms with Crippen LogP contribution in [0.5, 0.6) is 0 Å². The number of nitrogens with zero attached hydrogens (tertiary/aromatic N) is 3. The normalized spacial score (nSPS) is 32.6. The first-order valence-corrected chi connectivity index (χ1v) is 6.91. The van der Waals surface area contributed by atoms with Crippen molar-refractivity contribution in [2.24, 2.45) is 5.92 Å². The van der Waals surface area contributed by atoms with E-state index in [2.05, 4.69) is 26.9 Å². The Morgan fingerprint density at radius 1 is 1.22 bits per heavy atom. The second-order valence-corrected chi connectivity index (χ2v) is 5.64. The van der Waals surface area contributed by atoms with Crippen LogP contribution in [0, 0.1) is 5.92 Å². The molecule has 3 aliphatic heterocycles. The van der Waals surface area contributed by atoms with E-state index in [4.69, 9.17) is 4.74 Å². The molecule has 3 fully saturated rings. The fourth-order valence-corrected chi connectivity index (χ4v) is 3.59. The molecule has 0 aliphatic carbocycles. The van der Waals surface area contributed by atoms with Gasteiger partial charge < -0.3 is 9.64 Å². The van der Waals surface area contributed by atoms with Crippen LogP contribution >= 0.6 is 0 Å². The maximum absolute atomic E-state index is 5.34. The zero-order valence-electron chi connectivity index (χ0n) is 10.5. The molecule has 0 aromatic carbocycles. The summed E-state index contributed by atoms with van der Waals surface area (Å²) in [4.78, 5) is 9.60. The van der Waals surface area contributed by atoms with Crippen molar-refractivity contribution in [3.63, 3.8) is 0 Å². The van der Waals surface area contributed by atoms with Crippen molar-refractivity contribution in [3.05, 3.63) is 24.4 Å². The first kappa shape index (κ1) is 10.8. The number of anilines is 1. The molecule has 4 heteroatoms. The Hall–Kier alpha value is -1.13. The number of fused-ring (bicyclic) bond motifs is 1. The van der Waals surface area contributed by atoms with Gasteiger partial charge in [0.2, 0.25) is 0 Å². The van der Waals surface area contributed by atoms with Crippen LogP contribution in [0.3, 0.4) is 0 Å². The van der Waals surface area contributed by atoms with E-state index in [-0.39, 0.29) is 0 Å². The second kappa shape index (κ2) is 4.21. The Morgan fingerprint density at radius 2 is 2.17 bits per heavy atom. The summed E-state index contributed by atoms with van der Waals surface area (Å²) in [5.74, 6) is 1.96. The molecule has 0 radical (unpaired) electrons. The summed E-state index contributed by atoms with van der Waals surface area (Å²) in [5.41, 5.74) is 0. The first-order valence-electron chi connectivity index (χ1n) is 6.91. The number of pyridine rings is 1. The number of hydrogen-bond acceptors (Lipinski definition) is 4. The predicted molar refractivity (Wildman–Crippen MR) is 69.7 cm³/mol. The highest BCUT2D eigenvalue weighted by atomic mass is 16.5. The minimum absolute atomic E-state index is 0.684. The van der Waals surface area contributed by atoms with Gasteiger partial charge in [-0.15, -0.1) is 0 Å². The van der Waals surface area contributed by atoms with E-state index in [0.717, 1.165) is 37.5 Å². The quantitative estimate of drug-likeness (QED) is 0.777. The third-order valence-electron chi connectivity index (χ3n) is 4.65. The number of ether oxygens (including phenoxy) is 1. The molecule has 4 heterocycles. The summed E-state index contributed by atoms with van der Waals surface area (Å²) in [6.45, 7) is 5.45. The van der Waals surface area contributed by atoms with E-state index in [1.54, 1.807) is 0 Å². The lowest BCUT2D eigenvalue weighted by atomic mass is 10.0. The van der Waals surface area contributed by atoms with Crippen LogP contribution < -0.4 is 4.90 Å². The van der Waals surface area contributed by atoms with Crippen molar-refractivity contribution in [1.29, 1.82) is 0 Å². The van der Waals surface area contributed by atoms with Gasteiger partial charge in [-0.2, -0.15) is 0 Å². The smallest absolute Gasteiger partial charge is 0.128 e. The van der Waals surface area contributed by atoms with Crippen molar-refractivity contribution in [2.45, 2.75) is 18.5 Å². The van der Waals surface area contributed by atoms with E-state index < -0.39 is 0 Å². The van der Waals surface area contributed by atoms with Crippen LogP contribution in [0.4, 0.5) is 5.82 Å². The average molecular weight is 245 g/mol. The summed E-state index contributed by atoms with van der Waals surface area (Å²) in [6.07, 6.45) is 3.23. The van der Waals surface area contributed by atoms with Crippen LogP contribution in [-0.2, 0) is 4.74 Å². The predicted octanol–water partition coefficient (Wildman–Crippen LogP) is 0.991. The molecular formula is C14H19N3O. The molecular weight excluding hydrogens is 226 g/mol. The van der Waals surface area contributed by atoms with Crippen molar-refractivity contribution >= 4 is 5.82 Å². The van der Waals surface area contributed by atoms with E-state index in [9.17, 15) is 0 Å². The minimum atomic E-state index is 0.684. The van der Waals surface area contributed by atoms with Gasteiger partial charge >= 0.3 is 0 Å². The molecule has 4 nitrogen and oxygen atoms in total. The zero-order valence-corrected chi connectivity index (χ0v) is 10.5. The Bertz CT molecular complexity index is 420. The van der Waals surface area contributed by atoms with E-state index >= 15 is 0 Å².